The van der Waals surface area contributed by atoms with Crippen LogP contribution in [0.2, 0.25) is 0 Å². The van der Waals surface area contributed by atoms with E-state index in [4.69, 9.17) is 11.2 Å². The lowest BCUT2D eigenvalue weighted by Crippen LogP contribution is -2.64. The molecule has 0 aromatic carbocycles. The molecule has 0 unspecified atom stereocenters. The van der Waals surface area contributed by atoms with Gasteiger partial charge >= 0.3 is 5.97 Å². The molecule has 0 aromatic rings. The number of terminal acetylenes is 1. The van der Waals surface area contributed by atoms with Gasteiger partial charge in [-0.05, 0) is 50.4 Å². The Morgan fingerprint density at radius 1 is 1.21 bits per heavy atom. The lowest BCUT2D eigenvalue weighted by molar-refractivity contribution is -0.177. The predicted molar refractivity (Wildman–Crippen MR) is 86.5 cm³/mol. The van der Waals surface area contributed by atoms with Crippen molar-refractivity contribution < 1.29 is 19.1 Å². The SMILES string of the molecule is C#CCNC(=O)COC(=O)C12C[C@H]3C[C@@H](CC(NC(C)=O)(C3)C1)C2. The van der Waals surface area contributed by atoms with Gasteiger partial charge in [-0.1, -0.05) is 5.92 Å². The maximum atomic E-state index is 12.7. The van der Waals surface area contributed by atoms with Crippen molar-refractivity contribution in [1.82, 2.24) is 10.6 Å². The monoisotopic (exact) mass is 332 g/mol. The van der Waals surface area contributed by atoms with Crippen molar-refractivity contribution >= 4 is 17.8 Å². The molecule has 4 bridgehead atoms. The molecular weight excluding hydrogens is 308 g/mol. The first-order chi connectivity index (χ1) is 11.4. The smallest absolute Gasteiger partial charge is 0.312 e. The normalized spacial score (nSPS) is 35.8. The van der Waals surface area contributed by atoms with E-state index in [1.807, 2.05) is 0 Å². The molecule has 4 aliphatic carbocycles. The van der Waals surface area contributed by atoms with Gasteiger partial charge in [0, 0.05) is 12.5 Å². The van der Waals surface area contributed by atoms with Gasteiger partial charge < -0.3 is 15.4 Å². The van der Waals surface area contributed by atoms with E-state index in [-0.39, 0.29) is 36.5 Å². The summed E-state index contributed by atoms with van der Waals surface area (Å²) in [5.41, 5.74) is -0.834. The lowest BCUT2D eigenvalue weighted by atomic mass is 9.47. The summed E-state index contributed by atoms with van der Waals surface area (Å²) in [7, 11) is 0. The lowest BCUT2D eigenvalue weighted by Gasteiger charge is -2.60. The van der Waals surface area contributed by atoms with Crippen molar-refractivity contribution in [3.63, 3.8) is 0 Å². The third-order valence-electron chi connectivity index (χ3n) is 5.66. The molecular formula is C18H24N2O4. The zero-order valence-corrected chi connectivity index (χ0v) is 14.0. The highest BCUT2D eigenvalue weighted by Crippen LogP contribution is 2.62. The third-order valence-corrected chi connectivity index (χ3v) is 5.66. The van der Waals surface area contributed by atoms with Crippen LogP contribution in [0.3, 0.4) is 0 Å². The van der Waals surface area contributed by atoms with Crippen molar-refractivity contribution in [2.45, 2.75) is 51.0 Å². The minimum Gasteiger partial charge on any atom is -0.455 e. The van der Waals surface area contributed by atoms with Gasteiger partial charge in [0.15, 0.2) is 6.61 Å². The zero-order chi connectivity index (χ0) is 17.4. The molecule has 6 heteroatoms. The number of carbonyl (C=O) groups is 3. The van der Waals surface area contributed by atoms with Gasteiger partial charge in [-0.2, -0.15) is 0 Å². The standard InChI is InChI=1S/C18H24N2O4/c1-3-4-19-15(22)10-24-16(23)17-6-13-5-14(7-17)9-18(8-13,11-17)20-12(2)21/h1,13-14H,4-11H2,2H3,(H,19,22)(H,20,21)/t13-,14-,17?,18?/m1/s1. The van der Waals surface area contributed by atoms with Crippen molar-refractivity contribution in [3.05, 3.63) is 0 Å². The molecule has 4 rings (SSSR count). The summed E-state index contributed by atoms with van der Waals surface area (Å²) in [5.74, 6) is 2.46. The Kier molecular flexibility index (Phi) is 4.29. The second kappa shape index (κ2) is 6.12. The summed E-state index contributed by atoms with van der Waals surface area (Å²) in [6.45, 7) is 1.35. The fraction of sp³-hybridized carbons (Fsp3) is 0.722. The van der Waals surface area contributed by atoms with E-state index in [1.165, 1.54) is 6.92 Å². The van der Waals surface area contributed by atoms with E-state index < -0.39 is 5.41 Å². The molecule has 130 valence electrons. The minimum absolute atomic E-state index is 0.0471. The molecule has 2 amide bonds. The first-order valence-corrected chi connectivity index (χ1v) is 8.53. The average Bonchev–Trinajstić information content (AvgIpc) is 2.47. The first kappa shape index (κ1) is 16.8. The molecule has 0 aromatic heterocycles. The molecule has 0 spiro atoms. The summed E-state index contributed by atoms with van der Waals surface area (Å²) < 4.78 is 5.30. The number of amides is 2. The highest BCUT2D eigenvalue weighted by molar-refractivity contribution is 5.83. The van der Waals surface area contributed by atoms with Gasteiger partial charge in [0.1, 0.15) is 0 Å². The first-order valence-electron chi connectivity index (χ1n) is 8.53. The van der Waals surface area contributed by atoms with Gasteiger partial charge in [0.25, 0.3) is 5.91 Å². The Morgan fingerprint density at radius 2 is 1.88 bits per heavy atom. The maximum Gasteiger partial charge on any atom is 0.312 e. The molecule has 4 fully saturated rings. The van der Waals surface area contributed by atoms with E-state index in [9.17, 15) is 14.4 Å². The quantitative estimate of drug-likeness (QED) is 0.575. The largest absolute Gasteiger partial charge is 0.455 e. The van der Waals surface area contributed by atoms with E-state index in [0.717, 1.165) is 32.1 Å². The zero-order valence-electron chi connectivity index (χ0n) is 14.0. The number of carbonyl (C=O) groups excluding carboxylic acids is 3. The minimum atomic E-state index is -0.557. The molecule has 6 nitrogen and oxygen atoms in total. The average molecular weight is 332 g/mol. The Morgan fingerprint density at radius 3 is 2.46 bits per heavy atom. The molecule has 0 radical (unpaired) electrons. The van der Waals surface area contributed by atoms with Gasteiger partial charge in [0.05, 0.1) is 12.0 Å². The second-order valence-corrected chi connectivity index (χ2v) is 7.76. The van der Waals surface area contributed by atoms with Crippen molar-refractivity contribution in [2.75, 3.05) is 13.2 Å². The molecule has 2 N–H and O–H groups in total. The van der Waals surface area contributed by atoms with E-state index in [0.29, 0.717) is 18.3 Å². The van der Waals surface area contributed by atoms with Crippen LogP contribution >= 0.6 is 0 Å². The molecule has 4 aliphatic rings. The van der Waals surface area contributed by atoms with Crippen LogP contribution in [0.15, 0.2) is 0 Å². The van der Waals surface area contributed by atoms with Crippen LogP contribution in [-0.4, -0.2) is 36.5 Å². The van der Waals surface area contributed by atoms with Gasteiger partial charge in [-0.3, -0.25) is 14.4 Å². The van der Waals surface area contributed by atoms with Crippen LogP contribution in [0.1, 0.15) is 45.4 Å². The number of hydrogen-bond acceptors (Lipinski definition) is 4. The molecule has 24 heavy (non-hydrogen) atoms. The van der Waals surface area contributed by atoms with Crippen LogP contribution in [-0.2, 0) is 19.1 Å². The van der Waals surface area contributed by atoms with Crippen LogP contribution in [0.4, 0.5) is 0 Å². The Balaban J connectivity index is 1.68. The molecule has 4 saturated carbocycles. The third kappa shape index (κ3) is 3.12. The number of ether oxygens (including phenoxy) is 1. The number of hydrogen-bond donors (Lipinski definition) is 2. The van der Waals surface area contributed by atoms with Crippen LogP contribution in [0.25, 0.3) is 0 Å². The summed E-state index contributed by atoms with van der Waals surface area (Å²) in [5, 5.41) is 5.60. The summed E-state index contributed by atoms with van der Waals surface area (Å²) in [6.07, 6.45) is 10.3. The highest BCUT2D eigenvalue weighted by atomic mass is 16.5. The Hall–Kier alpha value is -2.03. The summed E-state index contributed by atoms with van der Waals surface area (Å²) in [6, 6.07) is 0. The maximum absolute atomic E-state index is 12.7. The van der Waals surface area contributed by atoms with Crippen LogP contribution in [0.5, 0.6) is 0 Å². The highest BCUT2D eigenvalue weighted by Gasteiger charge is 2.61. The Labute approximate surface area is 142 Å². The Bertz CT molecular complexity index is 593. The fourth-order valence-corrected chi connectivity index (χ4v) is 5.51. The molecule has 2 atom stereocenters. The van der Waals surface area contributed by atoms with Gasteiger partial charge in [-0.25, -0.2) is 0 Å². The molecule has 0 saturated heterocycles. The van der Waals surface area contributed by atoms with Crippen LogP contribution < -0.4 is 10.6 Å². The summed E-state index contributed by atoms with van der Waals surface area (Å²) >= 11 is 0. The van der Waals surface area contributed by atoms with Crippen LogP contribution in [0, 0.1) is 29.6 Å². The van der Waals surface area contributed by atoms with Crippen molar-refractivity contribution in [1.29, 1.82) is 0 Å². The predicted octanol–water partition coefficient (Wildman–Crippen LogP) is 0.754. The second-order valence-electron chi connectivity index (χ2n) is 7.76. The summed E-state index contributed by atoms with van der Waals surface area (Å²) in [4.78, 5) is 36.0. The topological polar surface area (TPSA) is 84.5 Å². The van der Waals surface area contributed by atoms with E-state index in [1.54, 1.807) is 0 Å². The van der Waals surface area contributed by atoms with Crippen molar-refractivity contribution in [3.8, 4) is 12.3 Å². The van der Waals surface area contributed by atoms with Gasteiger partial charge in [0.2, 0.25) is 5.91 Å². The van der Waals surface area contributed by atoms with E-state index in [2.05, 4.69) is 16.6 Å². The fourth-order valence-electron chi connectivity index (χ4n) is 5.51. The molecule has 0 aliphatic heterocycles. The molecule has 0 heterocycles. The number of rotatable bonds is 5. The van der Waals surface area contributed by atoms with Crippen molar-refractivity contribution in [2.24, 2.45) is 17.3 Å². The number of nitrogens with one attached hydrogen (secondary N) is 2. The van der Waals surface area contributed by atoms with Gasteiger partial charge in [-0.15, -0.1) is 6.42 Å². The number of esters is 1. The van der Waals surface area contributed by atoms with E-state index >= 15 is 0 Å².